The summed E-state index contributed by atoms with van der Waals surface area (Å²) in [4.78, 5) is 0. The van der Waals surface area contributed by atoms with E-state index >= 15 is 0 Å². The third-order valence-corrected chi connectivity index (χ3v) is 3.19. The first-order chi connectivity index (χ1) is 6.38. The maximum absolute atomic E-state index is 2.37. The Bertz CT molecular complexity index is 266. The molecule has 0 aromatic rings. The van der Waals surface area contributed by atoms with Crippen molar-refractivity contribution in [2.75, 3.05) is 0 Å². The van der Waals surface area contributed by atoms with Gasteiger partial charge in [-0.1, -0.05) is 36.8 Å². The molecule has 2 rings (SSSR count). The molecule has 0 aromatic carbocycles. The van der Waals surface area contributed by atoms with Crippen LogP contribution in [0.15, 0.2) is 35.5 Å². The SMILES string of the molecule is CC1CCCC2=C1/C=C\C=C/CC2. The lowest BCUT2D eigenvalue weighted by Crippen LogP contribution is -2.08. The van der Waals surface area contributed by atoms with Crippen LogP contribution in [-0.4, -0.2) is 0 Å². The molecule has 13 heavy (non-hydrogen) atoms. The van der Waals surface area contributed by atoms with E-state index in [1.807, 2.05) is 0 Å². The molecule has 2 aliphatic rings. The first-order valence-electron chi connectivity index (χ1n) is 5.43. The van der Waals surface area contributed by atoms with Crippen molar-refractivity contribution >= 4 is 0 Å². The van der Waals surface area contributed by atoms with Crippen LogP contribution in [0.25, 0.3) is 0 Å². The average Bonchev–Trinajstić information content (AvgIpc) is 2.07. The summed E-state index contributed by atoms with van der Waals surface area (Å²) in [6, 6.07) is 0. The standard InChI is InChI=1S/C13H18/c1-11-7-6-9-12-8-4-2-3-5-10-13(11)12/h2-3,5,10-11H,4,6-9H2,1H3/b3-2-,10-5-. The molecular formula is C13H18. The minimum absolute atomic E-state index is 0.798. The number of allylic oxidation sites excluding steroid dienone is 6. The lowest BCUT2D eigenvalue weighted by Gasteiger charge is -2.24. The molecule has 0 saturated heterocycles. The Hall–Kier alpha value is -0.780. The molecule has 1 unspecified atom stereocenters. The second-order valence-corrected chi connectivity index (χ2v) is 4.18. The molecule has 1 atom stereocenters. The molecular weight excluding hydrogens is 156 g/mol. The lowest BCUT2D eigenvalue weighted by atomic mass is 9.81. The van der Waals surface area contributed by atoms with Crippen molar-refractivity contribution in [1.29, 1.82) is 0 Å². The smallest absolute Gasteiger partial charge is 0.0191 e. The minimum atomic E-state index is 0.798. The van der Waals surface area contributed by atoms with E-state index in [0.717, 1.165) is 5.92 Å². The quantitative estimate of drug-likeness (QED) is 0.520. The molecule has 0 nitrogen and oxygen atoms in total. The summed E-state index contributed by atoms with van der Waals surface area (Å²) in [5, 5.41) is 0. The van der Waals surface area contributed by atoms with Gasteiger partial charge in [-0.3, -0.25) is 0 Å². The Balaban J connectivity index is 2.29. The highest BCUT2D eigenvalue weighted by atomic mass is 14.2. The maximum Gasteiger partial charge on any atom is -0.0191 e. The Kier molecular flexibility index (Phi) is 2.68. The maximum atomic E-state index is 2.37. The Morgan fingerprint density at radius 3 is 3.08 bits per heavy atom. The molecule has 0 aliphatic heterocycles. The third kappa shape index (κ3) is 1.93. The van der Waals surface area contributed by atoms with Crippen molar-refractivity contribution < 1.29 is 0 Å². The van der Waals surface area contributed by atoms with Crippen LogP contribution in [-0.2, 0) is 0 Å². The Labute approximate surface area is 81.0 Å². The van der Waals surface area contributed by atoms with Gasteiger partial charge in [-0.15, -0.1) is 0 Å². The van der Waals surface area contributed by atoms with Crippen LogP contribution in [0.2, 0.25) is 0 Å². The lowest BCUT2D eigenvalue weighted by molar-refractivity contribution is 0.535. The molecule has 0 fully saturated rings. The van der Waals surface area contributed by atoms with Crippen LogP contribution in [0.5, 0.6) is 0 Å². The van der Waals surface area contributed by atoms with Gasteiger partial charge in [-0.2, -0.15) is 0 Å². The first-order valence-corrected chi connectivity index (χ1v) is 5.43. The summed E-state index contributed by atoms with van der Waals surface area (Å²) < 4.78 is 0. The van der Waals surface area contributed by atoms with E-state index in [0.29, 0.717) is 0 Å². The second kappa shape index (κ2) is 3.95. The molecule has 0 heteroatoms. The van der Waals surface area contributed by atoms with Crippen molar-refractivity contribution in [1.82, 2.24) is 0 Å². The number of hydrogen-bond donors (Lipinski definition) is 0. The van der Waals surface area contributed by atoms with Crippen LogP contribution in [0.1, 0.15) is 39.0 Å². The highest BCUT2D eigenvalue weighted by Crippen LogP contribution is 2.33. The van der Waals surface area contributed by atoms with Crippen molar-refractivity contribution in [2.24, 2.45) is 5.92 Å². The van der Waals surface area contributed by atoms with E-state index in [2.05, 4.69) is 31.2 Å². The van der Waals surface area contributed by atoms with E-state index in [1.54, 1.807) is 11.1 Å². The molecule has 2 aliphatic carbocycles. The van der Waals surface area contributed by atoms with Gasteiger partial charge in [0.1, 0.15) is 0 Å². The van der Waals surface area contributed by atoms with Gasteiger partial charge in [0.25, 0.3) is 0 Å². The molecule has 0 saturated carbocycles. The molecule has 70 valence electrons. The van der Waals surface area contributed by atoms with E-state index in [-0.39, 0.29) is 0 Å². The zero-order chi connectivity index (χ0) is 9.10. The normalized spacial score (nSPS) is 33.2. The van der Waals surface area contributed by atoms with Crippen LogP contribution in [0.4, 0.5) is 0 Å². The van der Waals surface area contributed by atoms with E-state index in [1.165, 1.54) is 32.1 Å². The van der Waals surface area contributed by atoms with Crippen LogP contribution >= 0.6 is 0 Å². The van der Waals surface area contributed by atoms with E-state index in [9.17, 15) is 0 Å². The van der Waals surface area contributed by atoms with Gasteiger partial charge in [0, 0.05) is 0 Å². The molecule has 0 aromatic heterocycles. The molecule has 0 N–H and O–H groups in total. The first kappa shape index (κ1) is 8.80. The zero-order valence-electron chi connectivity index (χ0n) is 8.42. The summed E-state index contributed by atoms with van der Waals surface area (Å²) >= 11 is 0. The Morgan fingerprint density at radius 1 is 1.23 bits per heavy atom. The number of rotatable bonds is 0. The van der Waals surface area contributed by atoms with E-state index < -0.39 is 0 Å². The molecule has 0 spiro atoms. The predicted molar refractivity (Wildman–Crippen MR) is 57.6 cm³/mol. The molecule has 0 radical (unpaired) electrons. The van der Waals surface area contributed by atoms with Gasteiger partial charge >= 0.3 is 0 Å². The summed E-state index contributed by atoms with van der Waals surface area (Å²) in [6.07, 6.45) is 15.6. The fourth-order valence-corrected chi connectivity index (χ4v) is 2.41. The van der Waals surface area contributed by atoms with Crippen LogP contribution in [0, 0.1) is 5.92 Å². The van der Waals surface area contributed by atoms with Gasteiger partial charge in [-0.05, 0) is 43.6 Å². The van der Waals surface area contributed by atoms with Crippen molar-refractivity contribution in [3.63, 3.8) is 0 Å². The fourth-order valence-electron chi connectivity index (χ4n) is 2.41. The fraction of sp³-hybridized carbons (Fsp3) is 0.538. The van der Waals surface area contributed by atoms with Gasteiger partial charge in [-0.25, -0.2) is 0 Å². The topological polar surface area (TPSA) is 0 Å². The number of hydrogen-bond acceptors (Lipinski definition) is 0. The summed E-state index contributed by atoms with van der Waals surface area (Å²) in [6.45, 7) is 2.37. The molecule has 0 bridgehead atoms. The van der Waals surface area contributed by atoms with Gasteiger partial charge in [0.2, 0.25) is 0 Å². The van der Waals surface area contributed by atoms with Crippen molar-refractivity contribution in [2.45, 2.75) is 39.0 Å². The minimum Gasteiger partial charge on any atom is -0.0842 e. The monoisotopic (exact) mass is 174 g/mol. The highest BCUT2D eigenvalue weighted by molar-refractivity contribution is 5.33. The molecule has 0 amide bonds. The van der Waals surface area contributed by atoms with Crippen LogP contribution < -0.4 is 0 Å². The van der Waals surface area contributed by atoms with E-state index in [4.69, 9.17) is 0 Å². The van der Waals surface area contributed by atoms with Gasteiger partial charge in [0.05, 0.1) is 0 Å². The Morgan fingerprint density at radius 2 is 2.15 bits per heavy atom. The third-order valence-electron chi connectivity index (χ3n) is 3.19. The van der Waals surface area contributed by atoms with Crippen molar-refractivity contribution in [3.05, 3.63) is 35.5 Å². The largest absolute Gasteiger partial charge is 0.0842 e. The zero-order valence-corrected chi connectivity index (χ0v) is 8.42. The summed E-state index contributed by atoms with van der Waals surface area (Å²) in [5.74, 6) is 0.798. The summed E-state index contributed by atoms with van der Waals surface area (Å²) in [5.41, 5.74) is 3.36. The summed E-state index contributed by atoms with van der Waals surface area (Å²) in [7, 11) is 0. The van der Waals surface area contributed by atoms with Crippen LogP contribution in [0.3, 0.4) is 0 Å². The van der Waals surface area contributed by atoms with Gasteiger partial charge < -0.3 is 0 Å². The average molecular weight is 174 g/mol. The van der Waals surface area contributed by atoms with Gasteiger partial charge in [0.15, 0.2) is 0 Å². The second-order valence-electron chi connectivity index (χ2n) is 4.18. The highest BCUT2D eigenvalue weighted by Gasteiger charge is 2.16. The predicted octanol–water partition coefficient (Wildman–Crippen LogP) is 4.01. The molecule has 0 heterocycles. The van der Waals surface area contributed by atoms with Crippen molar-refractivity contribution in [3.8, 4) is 0 Å².